The second-order valence-corrected chi connectivity index (χ2v) is 5.61. The van der Waals surface area contributed by atoms with E-state index >= 15 is 0 Å². The quantitative estimate of drug-likeness (QED) is 0.827. The number of nitrogens with zero attached hydrogens (tertiary/aromatic N) is 1. The lowest BCUT2D eigenvalue weighted by atomic mass is 9.95. The molecular weight excluding hydrogens is 228 g/mol. The number of ether oxygens (including phenoxy) is 1. The molecule has 0 aromatic carbocycles. The van der Waals surface area contributed by atoms with Crippen molar-refractivity contribution in [3.63, 3.8) is 0 Å². The van der Waals surface area contributed by atoms with Crippen LogP contribution in [0.4, 0.5) is 0 Å². The zero-order valence-corrected chi connectivity index (χ0v) is 11.5. The number of piperidine rings is 1. The van der Waals surface area contributed by atoms with Crippen LogP contribution in [0.3, 0.4) is 0 Å². The third-order valence-electron chi connectivity index (χ3n) is 4.21. The Balaban J connectivity index is 1.65. The highest BCUT2D eigenvalue weighted by Gasteiger charge is 2.22. The molecule has 1 saturated carbocycles. The fraction of sp³-hybridized carbons (Fsp3) is 0.929. The molecule has 2 fully saturated rings. The molecule has 1 amide bonds. The molecule has 1 heterocycles. The van der Waals surface area contributed by atoms with Crippen molar-refractivity contribution in [2.45, 2.75) is 57.1 Å². The fourth-order valence-electron chi connectivity index (χ4n) is 3.03. The van der Waals surface area contributed by atoms with Crippen LogP contribution in [0.5, 0.6) is 0 Å². The third-order valence-corrected chi connectivity index (χ3v) is 4.21. The summed E-state index contributed by atoms with van der Waals surface area (Å²) < 4.78 is 5.34. The molecule has 1 N–H and O–H groups in total. The highest BCUT2D eigenvalue weighted by Crippen LogP contribution is 2.17. The maximum atomic E-state index is 11.9. The van der Waals surface area contributed by atoms with Gasteiger partial charge in [0.05, 0.1) is 12.6 Å². The Morgan fingerprint density at radius 3 is 2.44 bits per heavy atom. The number of carbonyl (C=O) groups is 1. The van der Waals surface area contributed by atoms with Gasteiger partial charge in [-0.3, -0.25) is 9.69 Å². The minimum Gasteiger partial charge on any atom is -0.381 e. The molecule has 18 heavy (non-hydrogen) atoms. The summed E-state index contributed by atoms with van der Waals surface area (Å²) in [7, 11) is 1.77. The molecule has 2 rings (SSSR count). The summed E-state index contributed by atoms with van der Waals surface area (Å²) in [5, 5.41) is 3.18. The lowest BCUT2D eigenvalue weighted by Crippen LogP contribution is -2.45. The number of hydrogen-bond donors (Lipinski definition) is 1. The minimum absolute atomic E-state index is 0.206. The van der Waals surface area contributed by atoms with Crippen molar-refractivity contribution >= 4 is 5.91 Å². The van der Waals surface area contributed by atoms with Crippen LogP contribution < -0.4 is 5.32 Å². The Morgan fingerprint density at radius 2 is 1.83 bits per heavy atom. The van der Waals surface area contributed by atoms with Crippen LogP contribution >= 0.6 is 0 Å². The van der Waals surface area contributed by atoms with E-state index in [9.17, 15) is 4.79 Å². The maximum Gasteiger partial charge on any atom is 0.234 e. The highest BCUT2D eigenvalue weighted by molar-refractivity contribution is 5.78. The van der Waals surface area contributed by atoms with Crippen molar-refractivity contribution in [3.8, 4) is 0 Å². The molecule has 2 aliphatic rings. The molecule has 1 saturated heterocycles. The van der Waals surface area contributed by atoms with Crippen molar-refractivity contribution in [3.05, 3.63) is 0 Å². The van der Waals surface area contributed by atoms with Crippen molar-refractivity contribution in [1.82, 2.24) is 10.2 Å². The lowest BCUT2D eigenvalue weighted by Gasteiger charge is -2.31. The fourth-order valence-corrected chi connectivity index (χ4v) is 3.03. The van der Waals surface area contributed by atoms with E-state index in [1.165, 1.54) is 19.3 Å². The maximum absolute atomic E-state index is 11.9. The van der Waals surface area contributed by atoms with E-state index in [0.29, 0.717) is 18.7 Å². The molecule has 104 valence electrons. The van der Waals surface area contributed by atoms with E-state index in [1.54, 1.807) is 7.11 Å². The van der Waals surface area contributed by atoms with Crippen LogP contribution in [0.1, 0.15) is 44.9 Å². The summed E-state index contributed by atoms with van der Waals surface area (Å²) in [6.07, 6.45) is 8.68. The molecule has 0 aromatic rings. The molecule has 0 unspecified atom stereocenters. The third kappa shape index (κ3) is 4.25. The molecule has 0 spiro atoms. The summed E-state index contributed by atoms with van der Waals surface area (Å²) in [5.74, 6) is 0.206. The van der Waals surface area contributed by atoms with E-state index in [4.69, 9.17) is 4.74 Å². The Hall–Kier alpha value is -0.610. The van der Waals surface area contributed by atoms with E-state index in [1.807, 2.05) is 0 Å². The van der Waals surface area contributed by atoms with Crippen LogP contribution in [0.2, 0.25) is 0 Å². The van der Waals surface area contributed by atoms with E-state index in [2.05, 4.69) is 10.2 Å². The predicted molar refractivity (Wildman–Crippen MR) is 71.5 cm³/mol. The molecule has 0 atom stereocenters. The zero-order chi connectivity index (χ0) is 12.8. The smallest absolute Gasteiger partial charge is 0.234 e. The summed E-state index contributed by atoms with van der Waals surface area (Å²) in [6.45, 7) is 2.53. The molecule has 4 heteroatoms. The van der Waals surface area contributed by atoms with Crippen molar-refractivity contribution in [2.75, 3.05) is 26.7 Å². The van der Waals surface area contributed by atoms with Crippen LogP contribution in [-0.2, 0) is 9.53 Å². The number of rotatable bonds is 4. The Morgan fingerprint density at radius 1 is 1.17 bits per heavy atom. The Bertz CT molecular complexity index is 257. The minimum atomic E-state index is 0.206. The molecule has 1 aliphatic carbocycles. The number of nitrogens with one attached hydrogen (secondary N) is 1. The average Bonchev–Trinajstić information content (AvgIpc) is 2.40. The van der Waals surface area contributed by atoms with Gasteiger partial charge in [-0.25, -0.2) is 0 Å². The van der Waals surface area contributed by atoms with Crippen molar-refractivity contribution in [2.24, 2.45) is 0 Å². The van der Waals surface area contributed by atoms with E-state index in [-0.39, 0.29) is 5.91 Å². The normalized spacial score (nSPS) is 24.1. The number of amides is 1. The topological polar surface area (TPSA) is 41.6 Å². The van der Waals surface area contributed by atoms with Crippen LogP contribution in [-0.4, -0.2) is 49.7 Å². The first kappa shape index (κ1) is 13.8. The summed E-state index contributed by atoms with van der Waals surface area (Å²) in [6, 6.07) is 0.433. The Labute approximate surface area is 110 Å². The number of methoxy groups -OCH3 is 1. The molecular formula is C14H26N2O2. The van der Waals surface area contributed by atoms with Crippen molar-refractivity contribution < 1.29 is 9.53 Å². The van der Waals surface area contributed by atoms with Gasteiger partial charge in [0.15, 0.2) is 0 Å². The monoisotopic (exact) mass is 254 g/mol. The summed E-state index contributed by atoms with van der Waals surface area (Å²) in [4.78, 5) is 14.2. The SMILES string of the molecule is COC1CCN(CC(=O)NC2CCCCC2)CC1. The zero-order valence-electron chi connectivity index (χ0n) is 11.5. The van der Waals surface area contributed by atoms with Crippen LogP contribution in [0.25, 0.3) is 0 Å². The molecule has 4 nitrogen and oxygen atoms in total. The van der Waals surface area contributed by atoms with Gasteiger partial charge < -0.3 is 10.1 Å². The number of likely N-dealkylation sites (tertiary alicyclic amines) is 1. The Kier molecular flexibility index (Phi) is 5.45. The van der Waals surface area contributed by atoms with E-state index < -0.39 is 0 Å². The lowest BCUT2D eigenvalue weighted by molar-refractivity contribution is -0.123. The predicted octanol–water partition coefficient (Wildman–Crippen LogP) is 1.55. The first-order chi connectivity index (χ1) is 8.78. The van der Waals surface area contributed by atoms with Gasteiger partial charge in [-0.2, -0.15) is 0 Å². The first-order valence-electron chi connectivity index (χ1n) is 7.32. The average molecular weight is 254 g/mol. The van der Waals surface area contributed by atoms with Gasteiger partial charge in [0, 0.05) is 26.2 Å². The second-order valence-electron chi connectivity index (χ2n) is 5.61. The molecule has 1 aliphatic heterocycles. The van der Waals surface area contributed by atoms with Gasteiger partial charge in [-0.1, -0.05) is 19.3 Å². The summed E-state index contributed by atoms with van der Waals surface area (Å²) in [5.41, 5.74) is 0. The van der Waals surface area contributed by atoms with Gasteiger partial charge in [0.25, 0.3) is 0 Å². The van der Waals surface area contributed by atoms with E-state index in [0.717, 1.165) is 38.8 Å². The largest absolute Gasteiger partial charge is 0.381 e. The van der Waals surface area contributed by atoms with Gasteiger partial charge in [-0.15, -0.1) is 0 Å². The molecule has 0 radical (unpaired) electrons. The summed E-state index contributed by atoms with van der Waals surface area (Å²) >= 11 is 0. The number of carbonyl (C=O) groups excluding carboxylic acids is 1. The van der Waals surface area contributed by atoms with Crippen LogP contribution in [0.15, 0.2) is 0 Å². The second kappa shape index (κ2) is 7.10. The van der Waals surface area contributed by atoms with Crippen molar-refractivity contribution in [1.29, 1.82) is 0 Å². The van der Waals surface area contributed by atoms with Gasteiger partial charge in [0.1, 0.15) is 0 Å². The first-order valence-corrected chi connectivity index (χ1v) is 7.32. The molecule has 0 aromatic heterocycles. The van der Waals surface area contributed by atoms with Crippen LogP contribution in [0, 0.1) is 0 Å². The highest BCUT2D eigenvalue weighted by atomic mass is 16.5. The number of hydrogen-bond acceptors (Lipinski definition) is 3. The van der Waals surface area contributed by atoms with Gasteiger partial charge in [-0.05, 0) is 25.7 Å². The van der Waals surface area contributed by atoms with Gasteiger partial charge in [0.2, 0.25) is 5.91 Å². The molecule has 0 bridgehead atoms. The standard InChI is InChI=1S/C14H26N2O2/c1-18-13-7-9-16(10-8-13)11-14(17)15-12-5-3-2-4-6-12/h12-13H,2-11H2,1H3,(H,15,17). The van der Waals surface area contributed by atoms with Gasteiger partial charge >= 0.3 is 0 Å².